The maximum Gasteiger partial charge on any atom is 0.284 e. The van der Waals surface area contributed by atoms with Gasteiger partial charge in [0.1, 0.15) is 0 Å². The van der Waals surface area contributed by atoms with Crippen LogP contribution in [0.1, 0.15) is 11.1 Å². The minimum atomic E-state index is -0.668. The second-order valence-electron chi connectivity index (χ2n) is 5.11. The van der Waals surface area contributed by atoms with Crippen molar-refractivity contribution in [1.29, 1.82) is 0 Å². The molecule has 0 bridgehead atoms. The third-order valence-electron chi connectivity index (χ3n) is 3.82. The molecule has 0 fully saturated rings. The quantitative estimate of drug-likeness (QED) is 0.631. The number of non-ortho nitro benzene ring substituents is 2. The van der Waals surface area contributed by atoms with Crippen LogP contribution < -0.4 is 0 Å². The zero-order chi connectivity index (χ0) is 16.7. The molecule has 0 radical (unpaired) electrons. The second-order valence-corrected chi connectivity index (χ2v) is 5.11. The van der Waals surface area contributed by atoms with Crippen molar-refractivity contribution in [1.82, 2.24) is 0 Å². The van der Waals surface area contributed by atoms with Crippen LogP contribution in [0.3, 0.4) is 0 Å². The lowest BCUT2D eigenvalue weighted by Crippen LogP contribution is -2.08. The van der Waals surface area contributed by atoms with Crippen LogP contribution in [0.25, 0.3) is 11.1 Å². The summed E-state index contributed by atoms with van der Waals surface area (Å²) in [5, 5.41) is 33.1. The number of nitro groups is 3. The smallest absolute Gasteiger partial charge is 0.258 e. The molecule has 0 aliphatic heterocycles. The molecule has 0 amide bonds. The van der Waals surface area contributed by atoms with Gasteiger partial charge in [0.15, 0.2) is 0 Å². The summed E-state index contributed by atoms with van der Waals surface area (Å²) in [5.74, 6) is 0. The van der Waals surface area contributed by atoms with Crippen LogP contribution >= 0.6 is 0 Å². The summed E-state index contributed by atoms with van der Waals surface area (Å²) in [4.78, 5) is 31.2. The highest BCUT2D eigenvalue weighted by Crippen LogP contribution is 2.42. The molecule has 0 aromatic heterocycles. The van der Waals surface area contributed by atoms with Crippen LogP contribution in [0.2, 0.25) is 0 Å². The van der Waals surface area contributed by atoms with Gasteiger partial charge in [-0.1, -0.05) is 0 Å². The van der Waals surface area contributed by atoms with Crippen LogP contribution in [0, 0.1) is 30.3 Å². The van der Waals surface area contributed by atoms with Gasteiger partial charge < -0.3 is 0 Å². The fourth-order valence-electron chi connectivity index (χ4n) is 2.84. The molecule has 2 aromatic carbocycles. The van der Waals surface area contributed by atoms with E-state index in [0.29, 0.717) is 35.1 Å². The summed E-state index contributed by atoms with van der Waals surface area (Å²) >= 11 is 0. The van der Waals surface area contributed by atoms with E-state index in [-0.39, 0.29) is 17.1 Å². The molecule has 116 valence electrons. The lowest BCUT2D eigenvalue weighted by molar-refractivity contribution is -0.393. The monoisotopic (exact) mass is 315 g/mol. The molecule has 1 aliphatic rings. The minimum Gasteiger partial charge on any atom is -0.258 e. The Labute approximate surface area is 128 Å². The highest BCUT2D eigenvalue weighted by Gasteiger charge is 2.29. The molecule has 0 atom stereocenters. The molecule has 3 rings (SSSR count). The topological polar surface area (TPSA) is 129 Å². The average Bonchev–Trinajstić information content (AvgIpc) is 2.52. The van der Waals surface area contributed by atoms with E-state index in [0.717, 1.165) is 6.07 Å². The van der Waals surface area contributed by atoms with E-state index in [9.17, 15) is 30.3 Å². The molecule has 0 N–H and O–H groups in total. The van der Waals surface area contributed by atoms with Crippen molar-refractivity contribution in [2.45, 2.75) is 12.8 Å². The Bertz CT molecular complexity index is 877. The summed E-state index contributed by atoms with van der Waals surface area (Å²) in [5.41, 5.74) is 1.17. The largest absolute Gasteiger partial charge is 0.284 e. The molecule has 9 nitrogen and oxygen atoms in total. The maximum absolute atomic E-state index is 11.3. The van der Waals surface area contributed by atoms with Gasteiger partial charge in [0.05, 0.1) is 26.4 Å². The number of fused-ring (bicyclic) bond motifs is 3. The zero-order valence-electron chi connectivity index (χ0n) is 11.6. The van der Waals surface area contributed by atoms with Gasteiger partial charge >= 0.3 is 0 Å². The molecular weight excluding hydrogens is 306 g/mol. The van der Waals surface area contributed by atoms with E-state index >= 15 is 0 Å². The summed E-state index contributed by atoms with van der Waals surface area (Å²) in [6.07, 6.45) is 0.786. The van der Waals surface area contributed by atoms with E-state index in [1.54, 1.807) is 0 Å². The van der Waals surface area contributed by atoms with Gasteiger partial charge in [0, 0.05) is 18.2 Å². The SMILES string of the molecule is O=[N+]([O-])c1ccc2c(c1)CCc1cc([N+](=O)[O-])cc([N+](=O)[O-])c1-2. The molecule has 0 unspecified atom stereocenters. The minimum absolute atomic E-state index is 0.0863. The van der Waals surface area contributed by atoms with E-state index < -0.39 is 14.8 Å². The number of hydrogen-bond donors (Lipinski definition) is 0. The normalized spacial score (nSPS) is 12.2. The first kappa shape index (κ1) is 14.6. The summed E-state index contributed by atoms with van der Waals surface area (Å²) < 4.78 is 0. The molecule has 2 aromatic rings. The Hall–Kier alpha value is -3.36. The van der Waals surface area contributed by atoms with E-state index in [4.69, 9.17) is 0 Å². The van der Waals surface area contributed by atoms with Gasteiger partial charge in [-0.25, -0.2) is 0 Å². The molecular formula is C14H9N3O6. The third kappa shape index (κ3) is 2.37. The number of nitrogens with zero attached hydrogens (tertiary/aromatic N) is 3. The third-order valence-corrected chi connectivity index (χ3v) is 3.82. The summed E-state index contributed by atoms with van der Waals surface area (Å²) in [7, 11) is 0. The molecule has 0 saturated carbocycles. The van der Waals surface area contributed by atoms with Crippen LogP contribution in [-0.2, 0) is 12.8 Å². The van der Waals surface area contributed by atoms with Gasteiger partial charge in [-0.05, 0) is 35.6 Å². The fourth-order valence-corrected chi connectivity index (χ4v) is 2.84. The molecule has 23 heavy (non-hydrogen) atoms. The lowest BCUT2D eigenvalue weighted by Gasteiger charge is -2.19. The number of aryl methyl sites for hydroxylation is 2. The van der Waals surface area contributed by atoms with Gasteiger partial charge in [-0.15, -0.1) is 0 Å². The average molecular weight is 315 g/mol. The summed E-state index contributed by atoms with van der Waals surface area (Å²) in [6.45, 7) is 0. The Balaban J connectivity index is 2.27. The lowest BCUT2D eigenvalue weighted by atomic mass is 9.84. The van der Waals surface area contributed by atoms with Crippen LogP contribution in [0.15, 0.2) is 30.3 Å². The van der Waals surface area contributed by atoms with E-state index in [1.165, 1.54) is 24.3 Å². The van der Waals surface area contributed by atoms with E-state index in [2.05, 4.69) is 0 Å². The predicted octanol–water partition coefficient (Wildman–Crippen LogP) is 3.18. The number of hydrogen-bond acceptors (Lipinski definition) is 6. The Morgan fingerprint density at radius 1 is 0.739 bits per heavy atom. The van der Waals surface area contributed by atoms with Crippen molar-refractivity contribution in [3.05, 3.63) is 71.8 Å². The first-order valence-electron chi connectivity index (χ1n) is 6.62. The second kappa shape index (κ2) is 5.13. The van der Waals surface area contributed by atoms with Gasteiger partial charge in [-0.3, -0.25) is 30.3 Å². The number of benzene rings is 2. The van der Waals surface area contributed by atoms with Crippen LogP contribution in [0.4, 0.5) is 17.1 Å². The van der Waals surface area contributed by atoms with E-state index in [1.807, 2.05) is 0 Å². The fraction of sp³-hybridized carbons (Fsp3) is 0.143. The van der Waals surface area contributed by atoms with Crippen molar-refractivity contribution in [2.75, 3.05) is 0 Å². The number of rotatable bonds is 3. The molecule has 1 aliphatic carbocycles. The van der Waals surface area contributed by atoms with Crippen molar-refractivity contribution in [3.63, 3.8) is 0 Å². The highest BCUT2D eigenvalue weighted by molar-refractivity contribution is 5.83. The zero-order valence-corrected chi connectivity index (χ0v) is 11.6. The molecule has 0 saturated heterocycles. The Morgan fingerprint density at radius 3 is 1.96 bits per heavy atom. The molecule has 9 heteroatoms. The van der Waals surface area contributed by atoms with Crippen molar-refractivity contribution >= 4 is 17.1 Å². The van der Waals surface area contributed by atoms with Crippen molar-refractivity contribution in [3.8, 4) is 11.1 Å². The highest BCUT2D eigenvalue weighted by atomic mass is 16.6. The standard InChI is InChI=1S/C14H9N3O6/c18-15(19)10-3-4-12-8(5-10)1-2-9-6-11(16(20)21)7-13(14(9)12)17(22)23/h3-7H,1-2H2. The number of nitro benzene ring substituents is 3. The summed E-state index contributed by atoms with van der Waals surface area (Å²) in [6, 6.07) is 6.38. The van der Waals surface area contributed by atoms with Crippen molar-refractivity contribution < 1.29 is 14.8 Å². The van der Waals surface area contributed by atoms with Gasteiger partial charge in [-0.2, -0.15) is 0 Å². The predicted molar refractivity (Wildman–Crippen MR) is 79.2 cm³/mol. The Kier molecular flexibility index (Phi) is 3.25. The first-order valence-corrected chi connectivity index (χ1v) is 6.62. The Morgan fingerprint density at radius 2 is 1.35 bits per heavy atom. The van der Waals surface area contributed by atoms with Gasteiger partial charge in [0.2, 0.25) is 0 Å². The maximum atomic E-state index is 11.3. The first-order chi connectivity index (χ1) is 10.9. The molecule has 0 spiro atoms. The van der Waals surface area contributed by atoms with Crippen molar-refractivity contribution in [2.24, 2.45) is 0 Å². The van der Waals surface area contributed by atoms with Crippen LogP contribution in [0.5, 0.6) is 0 Å². The van der Waals surface area contributed by atoms with Gasteiger partial charge in [0.25, 0.3) is 17.1 Å². The molecule has 0 heterocycles. The van der Waals surface area contributed by atoms with Crippen LogP contribution in [-0.4, -0.2) is 14.8 Å².